The Labute approximate surface area is 171 Å². The lowest BCUT2D eigenvalue weighted by Gasteiger charge is -2.30. The van der Waals surface area contributed by atoms with Crippen LogP contribution in [0.5, 0.6) is 0 Å². The fourth-order valence-electron chi connectivity index (χ4n) is 3.90. The van der Waals surface area contributed by atoms with Crippen LogP contribution in [0.25, 0.3) is 21.5 Å². The minimum atomic E-state index is -0.0508. The Bertz CT molecular complexity index is 1180. The molecule has 7 nitrogen and oxygen atoms in total. The molecular weight excluding hydrogens is 384 g/mol. The molecule has 1 fully saturated rings. The smallest absolute Gasteiger partial charge is 0.267 e. The second-order valence-corrected chi connectivity index (χ2v) is 8.17. The molecule has 146 valence electrons. The molecule has 29 heavy (non-hydrogen) atoms. The molecule has 1 N–H and O–H groups in total. The number of pyridine rings is 1. The number of rotatable bonds is 4. The molecule has 4 aromatic heterocycles. The van der Waals surface area contributed by atoms with Gasteiger partial charge >= 0.3 is 0 Å². The van der Waals surface area contributed by atoms with E-state index < -0.39 is 0 Å². The molecule has 0 amide bonds. The second-order valence-electron chi connectivity index (χ2n) is 7.25. The molecule has 0 bridgehead atoms. The van der Waals surface area contributed by atoms with Gasteiger partial charge in [-0.05, 0) is 55.3 Å². The molecule has 4 heterocycles. The fourth-order valence-corrected chi connectivity index (χ4v) is 4.70. The molecule has 5 rings (SSSR count). The van der Waals surface area contributed by atoms with Crippen molar-refractivity contribution < 1.29 is 0 Å². The summed E-state index contributed by atoms with van der Waals surface area (Å²) in [6.45, 7) is 0. The summed E-state index contributed by atoms with van der Waals surface area (Å²) in [5.74, 6) is 0.905. The van der Waals surface area contributed by atoms with Gasteiger partial charge in [-0.3, -0.25) is 9.78 Å². The summed E-state index contributed by atoms with van der Waals surface area (Å²) in [6.07, 6.45) is 8.84. The van der Waals surface area contributed by atoms with Gasteiger partial charge in [-0.25, -0.2) is 14.6 Å². The van der Waals surface area contributed by atoms with Crippen LogP contribution in [-0.4, -0.2) is 30.8 Å². The normalized spacial score (nSPS) is 19.3. The summed E-state index contributed by atoms with van der Waals surface area (Å²) in [5.41, 5.74) is 2.62. The lowest BCUT2D eigenvalue weighted by molar-refractivity contribution is 0.304. The first-order valence-electron chi connectivity index (χ1n) is 9.73. The Morgan fingerprint density at radius 1 is 1.07 bits per heavy atom. The molecule has 1 saturated carbocycles. The summed E-state index contributed by atoms with van der Waals surface area (Å²) in [7, 11) is 0. The molecule has 1 aliphatic carbocycles. The van der Waals surface area contributed by atoms with Gasteiger partial charge in [-0.15, -0.1) is 11.3 Å². The van der Waals surface area contributed by atoms with Gasteiger partial charge in [0.2, 0.25) is 0 Å². The van der Waals surface area contributed by atoms with Crippen molar-refractivity contribution in [3.63, 3.8) is 0 Å². The maximum absolute atomic E-state index is 12.4. The van der Waals surface area contributed by atoms with Gasteiger partial charge in [-0.2, -0.15) is 5.10 Å². The van der Waals surface area contributed by atoms with Gasteiger partial charge in [0.15, 0.2) is 0 Å². The summed E-state index contributed by atoms with van der Waals surface area (Å²) in [5, 5.41) is 10.2. The van der Waals surface area contributed by atoms with E-state index >= 15 is 0 Å². The van der Waals surface area contributed by atoms with Gasteiger partial charge < -0.3 is 5.32 Å². The highest BCUT2D eigenvalue weighted by Crippen LogP contribution is 2.31. The highest BCUT2D eigenvalue weighted by Gasteiger charge is 2.24. The number of anilines is 1. The highest BCUT2D eigenvalue weighted by molar-refractivity contribution is 7.17. The van der Waals surface area contributed by atoms with Crippen LogP contribution < -0.4 is 10.9 Å². The summed E-state index contributed by atoms with van der Waals surface area (Å²) < 4.78 is 2.75. The highest BCUT2D eigenvalue weighted by atomic mass is 32.1. The van der Waals surface area contributed by atoms with Crippen LogP contribution in [0.2, 0.25) is 0 Å². The monoisotopic (exact) mass is 404 g/mol. The van der Waals surface area contributed by atoms with Crippen LogP contribution in [0.3, 0.4) is 0 Å². The maximum Gasteiger partial charge on any atom is 0.267 e. The second kappa shape index (κ2) is 7.71. The Hall–Kier alpha value is -3.13. The van der Waals surface area contributed by atoms with E-state index in [9.17, 15) is 4.79 Å². The van der Waals surface area contributed by atoms with Crippen molar-refractivity contribution >= 4 is 27.4 Å². The van der Waals surface area contributed by atoms with E-state index in [1.807, 2.05) is 23.6 Å². The van der Waals surface area contributed by atoms with Crippen molar-refractivity contribution in [2.24, 2.45) is 0 Å². The first-order chi connectivity index (χ1) is 14.3. The molecular formula is C21H20N6OS. The molecule has 0 saturated heterocycles. The minimum absolute atomic E-state index is 0.0508. The van der Waals surface area contributed by atoms with Gasteiger partial charge in [0, 0.05) is 30.1 Å². The van der Waals surface area contributed by atoms with Crippen LogP contribution in [0.15, 0.2) is 59.2 Å². The van der Waals surface area contributed by atoms with E-state index in [0.717, 1.165) is 53.0 Å². The third kappa shape index (κ3) is 3.63. The molecule has 0 unspecified atom stereocenters. The van der Waals surface area contributed by atoms with Crippen molar-refractivity contribution in [1.82, 2.24) is 24.7 Å². The molecule has 0 aromatic carbocycles. The Kier molecular flexibility index (Phi) is 4.77. The number of nitrogens with one attached hydrogen (secondary N) is 1. The summed E-state index contributed by atoms with van der Waals surface area (Å²) in [6, 6.07) is 9.67. The summed E-state index contributed by atoms with van der Waals surface area (Å²) in [4.78, 5) is 25.3. The number of fused-ring (bicyclic) bond motifs is 1. The van der Waals surface area contributed by atoms with Crippen LogP contribution >= 0.6 is 11.3 Å². The van der Waals surface area contributed by atoms with Gasteiger partial charge in [0.1, 0.15) is 12.1 Å². The number of hydrogen-bond donors (Lipinski definition) is 1. The van der Waals surface area contributed by atoms with E-state index in [2.05, 4.69) is 25.4 Å². The van der Waals surface area contributed by atoms with E-state index in [1.165, 1.54) is 0 Å². The van der Waals surface area contributed by atoms with Crippen LogP contribution in [0.1, 0.15) is 31.7 Å². The van der Waals surface area contributed by atoms with Gasteiger partial charge in [0.25, 0.3) is 5.56 Å². The number of aromatic nitrogens is 5. The zero-order valence-electron chi connectivity index (χ0n) is 15.7. The number of hydrogen-bond acceptors (Lipinski definition) is 7. The Morgan fingerprint density at radius 2 is 1.97 bits per heavy atom. The van der Waals surface area contributed by atoms with E-state index in [-0.39, 0.29) is 11.6 Å². The lowest BCUT2D eigenvalue weighted by atomic mass is 9.91. The minimum Gasteiger partial charge on any atom is -0.366 e. The van der Waals surface area contributed by atoms with E-state index in [0.29, 0.717) is 6.04 Å². The molecule has 1 aliphatic rings. The van der Waals surface area contributed by atoms with E-state index in [4.69, 9.17) is 0 Å². The third-order valence-electron chi connectivity index (χ3n) is 5.41. The van der Waals surface area contributed by atoms with Crippen molar-refractivity contribution in [3.05, 3.63) is 64.8 Å². The molecule has 8 heteroatoms. The first-order valence-corrected chi connectivity index (χ1v) is 10.6. The third-order valence-corrected chi connectivity index (χ3v) is 6.32. The van der Waals surface area contributed by atoms with E-state index in [1.54, 1.807) is 46.9 Å². The maximum atomic E-state index is 12.4. The molecule has 0 radical (unpaired) electrons. The van der Waals surface area contributed by atoms with Crippen LogP contribution in [0.4, 0.5) is 5.82 Å². The standard InChI is InChI=1S/C21H20N6OS/c28-19-8-7-17(14-2-1-10-22-12-14)26-27(19)16-5-3-15(4-6-16)25-21-20-18(9-11-29-20)23-13-24-21/h1-2,7-13,15-16H,3-6H2,(H,23,24,25). The number of nitrogens with zero attached hydrogens (tertiary/aromatic N) is 5. The van der Waals surface area contributed by atoms with Gasteiger partial charge in [0.05, 0.1) is 22.0 Å². The fraction of sp³-hybridized carbons (Fsp3) is 0.286. The van der Waals surface area contributed by atoms with Gasteiger partial charge in [-0.1, -0.05) is 0 Å². The topological polar surface area (TPSA) is 85.6 Å². The molecule has 0 atom stereocenters. The van der Waals surface area contributed by atoms with Crippen molar-refractivity contribution in [3.8, 4) is 11.3 Å². The average molecular weight is 404 g/mol. The Balaban J connectivity index is 1.31. The lowest BCUT2D eigenvalue weighted by Crippen LogP contribution is -2.33. The average Bonchev–Trinajstić information content (AvgIpc) is 3.25. The molecule has 0 aliphatic heterocycles. The zero-order valence-corrected chi connectivity index (χ0v) is 16.5. The van der Waals surface area contributed by atoms with Crippen LogP contribution in [-0.2, 0) is 0 Å². The summed E-state index contributed by atoms with van der Waals surface area (Å²) >= 11 is 1.65. The first kappa shape index (κ1) is 17.9. The largest absolute Gasteiger partial charge is 0.366 e. The van der Waals surface area contributed by atoms with Crippen molar-refractivity contribution in [2.45, 2.75) is 37.8 Å². The predicted molar refractivity (Wildman–Crippen MR) is 114 cm³/mol. The number of thiophene rings is 1. The quantitative estimate of drug-likeness (QED) is 0.555. The van der Waals surface area contributed by atoms with Crippen molar-refractivity contribution in [1.29, 1.82) is 0 Å². The van der Waals surface area contributed by atoms with Crippen molar-refractivity contribution in [2.75, 3.05) is 5.32 Å². The Morgan fingerprint density at radius 3 is 2.79 bits per heavy atom. The molecule has 0 spiro atoms. The van der Waals surface area contributed by atoms with Crippen LogP contribution in [0, 0.1) is 0 Å². The molecule has 4 aromatic rings. The zero-order chi connectivity index (χ0) is 19.6. The predicted octanol–water partition coefficient (Wildman–Crippen LogP) is 3.91. The SMILES string of the molecule is O=c1ccc(-c2cccnc2)nn1C1CCC(Nc2ncnc3ccsc23)CC1.